The Labute approximate surface area is 210 Å². The van der Waals surface area contributed by atoms with Crippen molar-refractivity contribution in [3.63, 3.8) is 0 Å². The lowest BCUT2D eigenvalue weighted by Crippen LogP contribution is -2.36. The molecule has 176 valence electrons. The number of nitro benzene ring substituents is 1. The number of benzene rings is 5. The Morgan fingerprint density at radius 2 is 1.03 bits per heavy atom. The highest BCUT2D eigenvalue weighted by Gasteiger charge is 2.41. The molecule has 0 atom stereocenters. The van der Waals surface area contributed by atoms with E-state index >= 15 is 0 Å². The molecule has 5 aromatic rings. The molecule has 0 saturated heterocycles. The van der Waals surface area contributed by atoms with Crippen LogP contribution in [0.4, 0.5) is 5.69 Å². The fourth-order valence-electron chi connectivity index (χ4n) is 4.68. The number of ether oxygens (including phenoxy) is 1. The summed E-state index contributed by atoms with van der Waals surface area (Å²) < 4.78 is 7.00. The zero-order chi connectivity index (χ0) is 25.0. The van der Waals surface area contributed by atoms with Crippen molar-refractivity contribution in [1.29, 1.82) is 0 Å². The molecule has 4 nitrogen and oxygen atoms in total. The fourth-order valence-corrected chi connectivity index (χ4v) is 4.68. The van der Waals surface area contributed by atoms with Crippen molar-refractivity contribution in [1.82, 2.24) is 0 Å². The molecule has 0 radical (unpaired) electrons. The third-order valence-corrected chi connectivity index (χ3v) is 6.39. The maximum absolute atomic E-state index is 12.6. The van der Waals surface area contributed by atoms with Gasteiger partial charge in [0.25, 0.3) is 0 Å². The van der Waals surface area contributed by atoms with E-state index in [0.717, 1.165) is 22.3 Å². The molecule has 4 heteroatoms. The van der Waals surface area contributed by atoms with Gasteiger partial charge in [0, 0.05) is 16.7 Å². The fraction of sp³-hybridized carbons (Fsp3) is 0.0625. The summed E-state index contributed by atoms with van der Waals surface area (Å²) in [5.74, 6) is 0.248. The Kier molecular flexibility index (Phi) is 6.33. The summed E-state index contributed by atoms with van der Waals surface area (Å²) in [5, 5.41) is 12.6. The standard InChI is InChI=1S/C32H25NO3/c1-24-22-23-29(25-14-6-2-7-15-25)30(33(34)35)31(24)36-32(26-16-8-3-9-17-26,27-18-10-4-11-19-27)28-20-12-5-13-21-28/h2-23H,1H3. The summed E-state index contributed by atoms with van der Waals surface area (Å²) in [6, 6.07) is 42.7. The number of nitro groups is 1. The Balaban J connectivity index is 1.84. The van der Waals surface area contributed by atoms with Gasteiger partial charge in [-0.1, -0.05) is 127 Å². The molecule has 0 unspecified atom stereocenters. The summed E-state index contributed by atoms with van der Waals surface area (Å²) in [4.78, 5) is 12.3. The first-order valence-electron chi connectivity index (χ1n) is 11.8. The van der Waals surface area contributed by atoms with Crippen molar-refractivity contribution in [3.8, 4) is 16.9 Å². The molecule has 0 saturated carbocycles. The van der Waals surface area contributed by atoms with Crippen molar-refractivity contribution in [2.45, 2.75) is 12.5 Å². The summed E-state index contributed by atoms with van der Waals surface area (Å²) in [7, 11) is 0. The third-order valence-electron chi connectivity index (χ3n) is 6.39. The smallest absolute Gasteiger partial charge is 0.319 e. The average molecular weight is 472 g/mol. The van der Waals surface area contributed by atoms with Crippen LogP contribution in [0.2, 0.25) is 0 Å². The SMILES string of the molecule is Cc1ccc(-c2ccccc2)c([N+](=O)[O-])c1OC(c1ccccc1)(c1ccccc1)c1ccccc1. The predicted molar refractivity (Wildman–Crippen MR) is 143 cm³/mol. The number of hydrogen-bond acceptors (Lipinski definition) is 3. The minimum atomic E-state index is -1.12. The van der Waals surface area contributed by atoms with Gasteiger partial charge in [-0.25, -0.2) is 0 Å². The predicted octanol–water partition coefficient (Wildman–Crippen LogP) is 7.94. The number of rotatable bonds is 7. The van der Waals surface area contributed by atoms with Crippen LogP contribution in [0.15, 0.2) is 133 Å². The van der Waals surface area contributed by atoms with Crippen LogP contribution < -0.4 is 4.74 Å². The maximum atomic E-state index is 12.6. The van der Waals surface area contributed by atoms with Crippen molar-refractivity contribution in [2.75, 3.05) is 0 Å². The number of nitrogens with zero attached hydrogens (tertiary/aromatic N) is 1. The molecular weight excluding hydrogens is 446 g/mol. The van der Waals surface area contributed by atoms with Gasteiger partial charge in [0.1, 0.15) is 0 Å². The first kappa shape index (κ1) is 23.1. The van der Waals surface area contributed by atoms with Crippen LogP contribution in [-0.2, 0) is 5.60 Å². The van der Waals surface area contributed by atoms with E-state index < -0.39 is 5.60 Å². The van der Waals surface area contributed by atoms with Crippen LogP contribution in [0, 0.1) is 17.0 Å². The molecule has 0 N–H and O–H groups in total. The van der Waals surface area contributed by atoms with E-state index in [1.807, 2.05) is 134 Å². The normalized spacial score (nSPS) is 11.1. The molecule has 0 spiro atoms. The largest absolute Gasteiger partial charge is 0.465 e. The van der Waals surface area contributed by atoms with E-state index in [-0.39, 0.29) is 16.4 Å². The molecule has 0 fully saturated rings. The van der Waals surface area contributed by atoms with Gasteiger partial charge in [-0.3, -0.25) is 10.1 Å². The van der Waals surface area contributed by atoms with Gasteiger partial charge < -0.3 is 4.74 Å². The lowest BCUT2D eigenvalue weighted by atomic mass is 9.80. The van der Waals surface area contributed by atoms with E-state index in [1.165, 1.54) is 0 Å². The Morgan fingerprint density at radius 1 is 0.611 bits per heavy atom. The first-order chi connectivity index (χ1) is 17.6. The second-order valence-corrected chi connectivity index (χ2v) is 8.61. The molecule has 0 bridgehead atoms. The molecule has 0 heterocycles. The first-order valence-corrected chi connectivity index (χ1v) is 11.8. The Bertz CT molecular complexity index is 1370. The minimum absolute atomic E-state index is 0.0478. The van der Waals surface area contributed by atoms with Gasteiger partial charge in [0.15, 0.2) is 5.60 Å². The van der Waals surface area contributed by atoms with Crippen molar-refractivity contribution in [3.05, 3.63) is 166 Å². The average Bonchev–Trinajstić information content (AvgIpc) is 2.94. The Hall–Kier alpha value is -4.70. The van der Waals surface area contributed by atoms with Crippen LogP contribution in [0.25, 0.3) is 11.1 Å². The third kappa shape index (κ3) is 4.14. The molecule has 0 aliphatic heterocycles. The van der Waals surface area contributed by atoms with Crippen LogP contribution in [-0.4, -0.2) is 4.92 Å². The van der Waals surface area contributed by atoms with Crippen LogP contribution in [0.5, 0.6) is 5.75 Å². The lowest BCUT2D eigenvalue weighted by Gasteiger charge is -2.36. The minimum Gasteiger partial charge on any atom is -0.465 e. The van der Waals surface area contributed by atoms with Crippen molar-refractivity contribution < 1.29 is 9.66 Å². The van der Waals surface area contributed by atoms with Crippen LogP contribution in [0.3, 0.4) is 0 Å². The van der Waals surface area contributed by atoms with E-state index in [1.54, 1.807) is 6.07 Å². The van der Waals surface area contributed by atoms with Crippen molar-refractivity contribution in [2.24, 2.45) is 0 Å². The molecule has 0 aliphatic carbocycles. The highest BCUT2D eigenvalue weighted by Crippen LogP contribution is 2.47. The molecule has 0 aliphatic rings. The summed E-state index contributed by atoms with van der Waals surface area (Å²) in [6.07, 6.45) is 0. The van der Waals surface area contributed by atoms with Gasteiger partial charge in [-0.2, -0.15) is 0 Å². The lowest BCUT2D eigenvalue weighted by molar-refractivity contribution is -0.385. The topological polar surface area (TPSA) is 52.4 Å². The monoisotopic (exact) mass is 471 g/mol. The van der Waals surface area contributed by atoms with Crippen LogP contribution in [0.1, 0.15) is 22.3 Å². The van der Waals surface area contributed by atoms with Gasteiger partial charge >= 0.3 is 5.69 Å². The highest BCUT2D eigenvalue weighted by molar-refractivity contribution is 5.79. The highest BCUT2D eigenvalue weighted by atomic mass is 16.6. The summed E-state index contributed by atoms with van der Waals surface area (Å²) >= 11 is 0. The Morgan fingerprint density at radius 3 is 1.44 bits per heavy atom. The summed E-state index contributed by atoms with van der Waals surface area (Å²) in [5.41, 5.74) is 3.43. The van der Waals surface area contributed by atoms with E-state index in [9.17, 15) is 10.1 Å². The second kappa shape index (κ2) is 9.88. The van der Waals surface area contributed by atoms with Crippen molar-refractivity contribution >= 4 is 5.69 Å². The van der Waals surface area contributed by atoms with Gasteiger partial charge in [-0.15, -0.1) is 0 Å². The second-order valence-electron chi connectivity index (χ2n) is 8.61. The summed E-state index contributed by atoms with van der Waals surface area (Å²) in [6.45, 7) is 1.85. The molecule has 5 aromatic carbocycles. The molecular formula is C32H25NO3. The van der Waals surface area contributed by atoms with E-state index in [2.05, 4.69) is 0 Å². The molecule has 5 rings (SSSR count). The van der Waals surface area contributed by atoms with Gasteiger partial charge in [0.05, 0.1) is 10.5 Å². The van der Waals surface area contributed by atoms with Crippen LogP contribution >= 0.6 is 0 Å². The zero-order valence-electron chi connectivity index (χ0n) is 19.9. The molecule has 0 amide bonds. The number of aryl methyl sites for hydroxylation is 1. The van der Waals surface area contributed by atoms with Gasteiger partial charge in [0.2, 0.25) is 5.75 Å². The quantitative estimate of drug-likeness (QED) is 0.137. The van der Waals surface area contributed by atoms with Gasteiger partial charge in [-0.05, 0) is 24.1 Å². The number of hydrogen-bond donors (Lipinski definition) is 0. The van der Waals surface area contributed by atoms with E-state index in [4.69, 9.17) is 4.74 Å². The zero-order valence-corrected chi connectivity index (χ0v) is 19.9. The molecule has 0 aromatic heterocycles. The maximum Gasteiger partial charge on any atom is 0.319 e. The molecule has 36 heavy (non-hydrogen) atoms. The van der Waals surface area contributed by atoms with E-state index in [0.29, 0.717) is 11.1 Å².